The van der Waals surface area contributed by atoms with Gasteiger partial charge in [-0.25, -0.2) is 4.39 Å². The molecule has 0 N–H and O–H groups in total. The van der Waals surface area contributed by atoms with Crippen molar-refractivity contribution in [3.05, 3.63) is 76.8 Å². The fourth-order valence-electron chi connectivity index (χ4n) is 3.62. The largest absolute Gasteiger partial charge is 0.494 e. The lowest BCUT2D eigenvalue weighted by Crippen LogP contribution is -2.16. The van der Waals surface area contributed by atoms with E-state index in [4.69, 9.17) is 30.5 Å². The number of benzene rings is 2. The van der Waals surface area contributed by atoms with Crippen molar-refractivity contribution in [2.45, 2.75) is 45.6 Å². The molecule has 0 amide bonds. The second-order valence-corrected chi connectivity index (χ2v) is 8.69. The van der Waals surface area contributed by atoms with Gasteiger partial charge < -0.3 is 18.9 Å². The second kappa shape index (κ2) is 12.5. The van der Waals surface area contributed by atoms with Gasteiger partial charge in [-0.2, -0.15) is 0 Å². The van der Waals surface area contributed by atoms with Gasteiger partial charge in [0.15, 0.2) is 11.5 Å². The van der Waals surface area contributed by atoms with Crippen LogP contribution in [0.15, 0.2) is 65.9 Å². The van der Waals surface area contributed by atoms with Crippen LogP contribution in [0.5, 0.6) is 17.2 Å². The van der Waals surface area contributed by atoms with E-state index in [-0.39, 0.29) is 17.9 Å². The Bertz CT molecular complexity index is 1050. The number of ether oxygens (including phenoxy) is 4. The van der Waals surface area contributed by atoms with E-state index in [9.17, 15) is 9.18 Å². The molecule has 5 nitrogen and oxygen atoms in total. The minimum atomic E-state index is -0.386. The monoisotopic (exact) mass is 488 g/mol. The SMILES string of the molecule is COC(=O)CCC1CC=C(OCC[C@@H](C)Oc2ccc(Cl)cc2Oc2cccc(F)c2)C=C1C. The molecule has 7 heteroatoms. The summed E-state index contributed by atoms with van der Waals surface area (Å²) in [6.45, 7) is 4.49. The van der Waals surface area contributed by atoms with Crippen molar-refractivity contribution in [3.63, 3.8) is 0 Å². The van der Waals surface area contributed by atoms with Crippen LogP contribution in [0.4, 0.5) is 4.39 Å². The van der Waals surface area contributed by atoms with Crippen molar-refractivity contribution < 1.29 is 28.1 Å². The van der Waals surface area contributed by atoms with Gasteiger partial charge in [0.2, 0.25) is 0 Å². The Morgan fingerprint density at radius 3 is 2.76 bits per heavy atom. The van der Waals surface area contributed by atoms with Crippen molar-refractivity contribution >= 4 is 17.6 Å². The van der Waals surface area contributed by atoms with Gasteiger partial charge in [-0.3, -0.25) is 4.79 Å². The zero-order valence-corrected chi connectivity index (χ0v) is 20.4. The molecule has 2 aromatic carbocycles. The van der Waals surface area contributed by atoms with Gasteiger partial charge >= 0.3 is 5.97 Å². The molecular weight excluding hydrogens is 459 g/mol. The van der Waals surface area contributed by atoms with E-state index in [0.717, 1.165) is 18.6 Å². The van der Waals surface area contributed by atoms with Crippen LogP contribution in [0.2, 0.25) is 5.02 Å². The summed E-state index contributed by atoms with van der Waals surface area (Å²) in [6, 6.07) is 11.0. The molecule has 0 spiro atoms. The van der Waals surface area contributed by atoms with Crippen LogP contribution >= 0.6 is 11.6 Å². The smallest absolute Gasteiger partial charge is 0.305 e. The number of allylic oxidation sites excluding steroid dienone is 3. The summed E-state index contributed by atoms with van der Waals surface area (Å²) in [5.74, 6) is 1.89. The van der Waals surface area contributed by atoms with Gasteiger partial charge in [0, 0.05) is 30.0 Å². The molecular formula is C27H30ClFO5. The number of hydrogen-bond acceptors (Lipinski definition) is 5. The van der Waals surface area contributed by atoms with Crippen molar-refractivity contribution in [1.82, 2.24) is 0 Å². The van der Waals surface area contributed by atoms with Crippen LogP contribution in [0.1, 0.15) is 39.5 Å². The Balaban J connectivity index is 1.50. The van der Waals surface area contributed by atoms with E-state index >= 15 is 0 Å². The molecule has 3 rings (SSSR count). The molecule has 2 atom stereocenters. The standard InChI is InChI=1S/C27H30ClFO5/c1-18-15-23(10-7-20(18)8-12-27(30)31-3)32-14-13-19(2)33-25-11-9-21(28)16-26(25)34-24-6-4-5-22(29)17-24/h4-6,9-11,15-17,19-20H,7-8,12-14H2,1-3H3/t19-,20?/m1/s1. The molecule has 1 aliphatic rings. The number of carbonyl (C=O) groups is 1. The molecule has 0 saturated heterocycles. The van der Waals surface area contributed by atoms with Gasteiger partial charge in [0.1, 0.15) is 17.3 Å². The van der Waals surface area contributed by atoms with Crippen LogP contribution in [0.3, 0.4) is 0 Å². The second-order valence-electron chi connectivity index (χ2n) is 8.26. The third-order valence-electron chi connectivity index (χ3n) is 5.59. The first-order valence-electron chi connectivity index (χ1n) is 11.3. The molecule has 0 heterocycles. The van der Waals surface area contributed by atoms with Gasteiger partial charge in [0.25, 0.3) is 0 Å². The molecule has 1 aliphatic carbocycles. The zero-order valence-electron chi connectivity index (χ0n) is 19.7. The molecule has 182 valence electrons. The lowest BCUT2D eigenvalue weighted by Gasteiger charge is -2.22. The predicted molar refractivity (Wildman–Crippen MR) is 130 cm³/mol. The van der Waals surface area contributed by atoms with Gasteiger partial charge in [0.05, 0.1) is 19.8 Å². The summed E-state index contributed by atoms with van der Waals surface area (Å²) in [4.78, 5) is 11.4. The molecule has 34 heavy (non-hydrogen) atoms. The lowest BCUT2D eigenvalue weighted by atomic mass is 9.88. The lowest BCUT2D eigenvalue weighted by molar-refractivity contribution is -0.140. The maximum absolute atomic E-state index is 13.5. The van der Waals surface area contributed by atoms with Crippen molar-refractivity contribution in [3.8, 4) is 17.2 Å². The van der Waals surface area contributed by atoms with Crippen LogP contribution in [-0.2, 0) is 14.3 Å². The van der Waals surface area contributed by atoms with Gasteiger partial charge in [-0.15, -0.1) is 0 Å². The zero-order chi connectivity index (χ0) is 24.5. The predicted octanol–water partition coefficient (Wildman–Crippen LogP) is 7.25. The van der Waals surface area contributed by atoms with Crippen molar-refractivity contribution in [2.24, 2.45) is 5.92 Å². The normalized spacial score (nSPS) is 16.2. The molecule has 0 aromatic heterocycles. The Morgan fingerprint density at radius 1 is 1.21 bits per heavy atom. The first-order valence-corrected chi connectivity index (χ1v) is 11.7. The van der Waals surface area contributed by atoms with Crippen LogP contribution < -0.4 is 9.47 Å². The maximum Gasteiger partial charge on any atom is 0.305 e. The molecule has 2 aromatic rings. The summed E-state index contributed by atoms with van der Waals surface area (Å²) >= 11 is 6.12. The fraction of sp³-hybridized carbons (Fsp3) is 0.370. The average Bonchev–Trinajstić information content (AvgIpc) is 2.80. The van der Waals surface area contributed by atoms with Crippen LogP contribution in [0.25, 0.3) is 0 Å². The minimum Gasteiger partial charge on any atom is -0.494 e. The van der Waals surface area contributed by atoms with E-state index in [2.05, 4.69) is 13.0 Å². The van der Waals surface area contributed by atoms with E-state index in [1.165, 1.54) is 24.8 Å². The third-order valence-corrected chi connectivity index (χ3v) is 5.83. The van der Waals surface area contributed by atoms with E-state index in [0.29, 0.717) is 47.6 Å². The van der Waals surface area contributed by atoms with Gasteiger partial charge in [-0.05, 0) is 69.0 Å². The Hall–Kier alpha value is -2.99. The quantitative estimate of drug-likeness (QED) is 0.312. The van der Waals surface area contributed by atoms with E-state index in [1.54, 1.807) is 30.3 Å². The average molecular weight is 489 g/mol. The van der Waals surface area contributed by atoms with Crippen molar-refractivity contribution in [1.29, 1.82) is 0 Å². The molecule has 0 saturated carbocycles. The molecule has 0 fully saturated rings. The third kappa shape index (κ3) is 7.80. The maximum atomic E-state index is 13.5. The summed E-state index contributed by atoms with van der Waals surface area (Å²) in [7, 11) is 1.41. The van der Waals surface area contributed by atoms with E-state index < -0.39 is 0 Å². The van der Waals surface area contributed by atoms with Gasteiger partial charge in [-0.1, -0.05) is 23.2 Å². The topological polar surface area (TPSA) is 54.0 Å². The number of methoxy groups -OCH3 is 1. The number of rotatable bonds is 11. The molecule has 0 radical (unpaired) electrons. The van der Waals surface area contributed by atoms with E-state index in [1.807, 2.05) is 13.0 Å². The number of esters is 1. The molecule has 0 aliphatic heterocycles. The van der Waals surface area contributed by atoms with Crippen LogP contribution in [0, 0.1) is 11.7 Å². The highest BCUT2D eigenvalue weighted by atomic mass is 35.5. The summed E-state index contributed by atoms with van der Waals surface area (Å²) in [5, 5.41) is 0.492. The highest BCUT2D eigenvalue weighted by molar-refractivity contribution is 6.30. The number of hydrogen-bond donors (Lipinski definition) is 0. The highest BCUT2D eigenvalue weighted by Gasteiger charge is 2.18. The van der Waals surface area contributed by atoms with Crippen LogP contribution in [-0.4, -0.2) is 25.8 Å². The minimum absolute atomic E-state index is 0.155. The Morgan fingerprint density at radius 2 is 2.03 bits per heavy atom. The molecule has 0 bridgehead atoms. The summed E-state index contributed by atoms with van der Waals surface area (Å²) in [5.41, 5.74) is 1.20. The van der Waals surface area contributed by atoms with Crippen molar-refractivity contribution in [2.75, 3.05) is 13.7 Å². The Labute approximate surface area is 205 Å². The fourth-order valence-corrected chi connectivity index (χ4v) is 3.78. The number of halogens is 2. The first kappa shape index (κ1) is 25.6. The highest BCUT2D eigenvalue weighted by Crippen LogP contribution is 2.35. The summed E-state index contributed by atoms with van der Waals surface area (Å²) < 4.78 is 36.0. The first-order chi connectivity index (χ1) is 16.3. The molecule has 1 unspecified atom stereocenters. The summed E-state index contributed by atoms with van der Waals surface area (Å²) in [6.07, 6.45) is 6.61. The number of carbonyl (C=O) groups excluding carboxylic acids is 1. The Kier molecular flexibility index (Phi) is 9.40.